The summed E-state index contributed by atoms with van der Waals surface area (Å²) in [6.07, 6.45) is 7.00. The Morgan fingerprint density at radius 1 is 1.07 bits per heavy atom. The normalized spacial score (nSPS) is 15.5. The number of carbonyl (C=O) groups is 1. The van der Waals surface area contributed by atoms with Gasteiger partial charge in [0.15, 0.2) is 0 Å². The molecule has 1 amide bonds. The van der Waals surface area contributed by atoms with E-state index in [1.807, 2.05) is 24.3 Å². The lowest BCUT2D eigenvalue weighted by Gasteiger charge is -2.33. The van der Waals surface area contributed by atoms with Crippen molar-refractivity contribution in [2.75, 3.05) is 45.8 Å². The molecular weight excluding hydrogens is 364 g/mol. The number of amides is 1. The fourth-order valence-electron chi connectivity index (χ4n) is 3.69. The van der Waals surface area contributed by atoms with Crippen molar-refractivity contribution in [3.8, 4) is 11.1 Å². The van der Waals surface area contributed by atoms with Crippen molar-refractivity contribution in [1.29, 1.82) is 0 Å². The van der Waals surface area contributed by atoms with Gasteiger partial charge in [0.25, 0.3) is 5.91 Å². The van der Waals surface area contributed by atoms with Crippen LogP contribution in [-0.4, -0.2) is 76.5 Å². The molecule has 0 aliphatic carbocycles. The van der Waals surface area contributed by atoms with Crippen molar-refractivity contribution in [3.63, 3.8) is 0 Å². The molecule has 1 saturated heterocycles. The van der Waals surface area contributed by atoms with Crippen molar-refractivity contribution in [2.24, 2.45) is 0 Å². The second kappa shape index (κ2) is 9.07. The first-order valence-electron chi connectivity index (χ1n) is 10.1. The van der Waals surface area contributed by atoms with E-state index in [0.29, 0.717) is 12.2 Å². The maximum atomic E-state index is 12.8. The molecule has 29 heavy (non-hydrogen) atoms. The molecule has 1 N–H and O–H groups in total. The topological polar surface area (TPSA) is 74.2 Å². The summed E-state index contributed by atoms with van der Waals surface area (Å²) in [5, 5.41) is 3.94. The van der Waals surface area contributed by atoms with Crippen LogP contribution in [0.3, 0.4) is 0 Å². The van der Waals surface area contributed by atoms with Crippen LogP contribution in [0.5, 0.6) is 0 Å². The lowest BCUT2D eigenvalue weighted by atomic mass is 10.0. The average Bonchev–Trinajstić information content (AvgIpc) is 2.79. The van der Waals surface area contributed by atoms with Crippen LogP contribution in [0.25, 0.3) is 22.0 Å². The fourth-order valence-corrected chi connectivity index (χ4v) is 3.69. The van der Waals surface area contributed by atoms with Gasteiger partial charge in [-0.05, 0) is 30.3 Å². The molecule has 0 aromatic carbocycles. The minimum Gasteiger partial charge on any atom is -0.349 e. The number of carbonyl (C=O) groups excluding carboxylic acids is 1. The molecule has 1 aliphatic rings. The van der Waals surface area contributed by atoms with Crippen molar-refractivity contribution < 1.29 is 4.79 Å². The number of hydrogen-bond donors (Lipinski definition) is 1. The molecule has 0 atom stereocenters. The van der Waals surface area contributed by atoms with Crippen LogP contribution in [0.15, 0.2) is 49.1 Å². The van der Waals surface area contributed by atoms with Crippen LogP contribution < -0.4 is 5.32 Å². The van der Waals surface area contributed by atoms with Crippen LogP contribution in [0.1, 0.15) is 17.4 Å². The number of likely N-dealkylation sites (N-methyl/N-ethyl adjacent to an activating group) is 1. The van der Waals surface area contributed by atoms with E-state index in [9.17, 15) is 4.79 Å². The highest BCUT2D eigenvalue weighted by Gasteiger charge is 2.16. The number of hydrogen-bond acceptors (Lipinski definition) is 6. The Morgan fingerprint density at radius 2 is 1.86 bits per heavy atom. The third-order valence-corrected chi connectivity index (χ3v) is 5.44. The highest BCUT2D eigenvalue weighted by atomic mass is 16.1. The van der Waals surface area contributed by atoms with E-state index < -0.39 is 0 Å². The smallest absolute Gasteiger partial charge is 0.269 e. The number of piperazine rings is 1. The average molecular weight is 390 g/mol. The summed E-state index contributed by atoms with van der Waals surface area (Å²) in [6.45, 7) is 9.07. The predicted octanol–water partition coefficient (Wildman–Crippen LogP) is 2.06. The third-order valence-electron chi connectivity index (χ3n) is 5.44. The lowest BCUT2D eigenvalue weighted by Crippen LogP contribution is -2.48. The molecule has 0 saturated carbocycles. The standard InChI is InChI=1S/C22H26N6O/c1-2-27-10-12-28(13-11-27)9-8-25-22(29)21-14-18(17-4-3-6-23-15-17)19-16-24-7-5-20(19)26-21/h3-7,14-16H,2,8-13H2,1H3,(H,25,29). The molecule has 3 aromatic rings. The van der Waals surface area contributed by atoms with Gasteiger partial charge in [-0.25, -0.2) is 4.98 Å². The highest BCUT2D eigenvalue weighted by molar-refractivity contribution is 6.00. The zero-order chi connectivity index (χ0) is 20.1. The highest BCUT2D eigenvalue weighted by Crippen LogP contribution is 2.27. The summed E-state index contributed by atoms with van der Waals surface area (Å²) in [5.41, 5.74) is 3.02. The number of nitrogens with zero attached hydrogens (tertiary/aromatic N) is 5. The second-order valence-electron chi connectivity index (χ2n) is 7.22. The maximum absolute atomic E-state index is 12.8. The zero-order valence-electron chi connectivity index (χ0n) is 16.7. The van der Waals surface area contributed by atoms with Crippen molar-refractivity contribution in [3.05, 3.63) is 54.7 Å². The molecule has 0 radical (unpaired) electrons. The van der Waals surface area contributed by atoms with Crippen molar-refractivity contribution >= 4 is 16.8 Å². The molecule has 0 spiro atoms. The van der Waals surface area contributed by atoms with Crippen molar-refractivity contribution in [1.82, 2.24) is 30.1 Å². The van der Waals surface area contributed by atoms with Gasteiger partial charge in [-0.2, -0.15) is 0 Å². The molecule has 1 aliphatic heterocycles. The van der Waals surface area contributed by atoms with Gasteiger partial charge in [-0.15, -0.1) is 0 Å². The number of rotatable bonds is 6. The summed E-state index contributed by atoms with van der Waals surface area (Å²) in [4.78, 5) is 30.6. The molecule has 0 unspecified atom stereocenters. The van der Waals surface area contributed by atoms with E-state index in [1.165, 1.54) is 0 Å². The van der Waals surface area contributed by atoms with Gasteiger partial charge in [-0.1, -0.05) is 13.0 Å². The minimum atomic E-state index is -0.152. The predicted molar refractivity (Wildman–Crippen MR) is 114 cm³/mol. The Hall–Kier alpha value is -2.90. The third kappa shape index (κ3) is 4.58. The van der Waals surface area contributed by atoms with Gasteiger partial charge < -0.3 is 10.2 Å². The van der Waals surface area contributed by atoms with Gasteiger partial charge in [0, 0.05) is 75.0 Å². The molecule has 0 bridgehead atoms. The maximum Gasteiger partial charge on any atom is 0.269 e. The summed E-state index contributed by atoms with van der Waals surface area (Å²) in [5.74, 6) is -0.152. The molecular formula is C22H26N6O. The minimum absolute atomic E-state index is 0.152. The molecule has 4 rings (SSSR count). The quantitative estimate of drug-likeness (QED) is 0.695. The van der Waals surface area contributed by atoms with Gasteiger partial charge in [-0.3, -0.25) is 19.7 Å². The van der Waals surface area contributed by atoms with Crippen LogP contribution in [0.4, 0.5) is 0 Å². The summed E-state index contributed by atoms with van der Waals surface area (Å²) in [7, 11) is 0. The van der Waals surface area contributed by atoms with Crippen LogP contribution in [0, 0.1) is 0 Å². The van der Waals surface area contributed by atoms with Crippen LogP contribution in [-0.2, 0) is 0 Å². The van der Waals surface area contributed by atoms with E-state index in [2.05, 4.69) is 37.0 Å². The molecule has 1 fully saturated rings. The molecule has 7 heteroatoms. The van der Waals surface area contributed by atoms with Gasteiger partial charge in [0.05, 0.1) is 5.52 Å². The molecule has 3 aromatic heterocycles. The Morgan fingerprint density at radius 3 is 2.62 bits per heavy atom. The van der Waals surface area contributed by atoms with Gasteiger partial charge in [0.1, 0.15) is 5.69 Å². The first kappa shape index (κ1) is 19.4. The Bertz CT molecular complexity index is 969. The van der Waals surface area contributed by atoms with Crippen LogP contribution in [0.2, 0.25) is 0 Å². The molecule has 150 valence electrons. The van der Waals surface area contributed by atoms with Gasteiger partial charge >= 0.3 is 0 Å². The number of fused-ring (bicyclic) bond motifs is 1. The number of aromatic nitrogens is 3. The Balaban J connectivity index is 1.47. The second-order valence-corrected chi connectivity index (χ2v) is 7.22. The summed E-state index contributed by atoms with van der Waals surface area (Å²) >= 11 is 0. The zero-order valence-corrected chi connectivity index (χ0v) is 16.7. The first-order chi connectivity index (χ1) is 14.2. The first-order valence-corrected chi connectivity index (χ1v) is 10.1. The largest absolute Gasteiger partial charge is 0.349 e. The molecule has 4 heterocycles. The van der Waals surface area contributed by atoms with E-state index in [0.717, 1.165) is 61.3 Å². The van der Waals surface area contributed by atoms with Crippen molar-refractivity contribution in [2.45, 2.75) is 6.92 Å². The van der Waals surface area contributed by atoms with E-state index in [4.69, 9.17) is 0 Å². The number of nitrogens with one attached hydrogen (secondary N) is 1. The summed E-state index contributed by atoms with van der Waals surface area (Å²) in [6, 6.07) is 7.53. The Kier molecular flexibility index (Phi) is 6.07. The van der Waals surface area contributed by atoms with Gasteiger partial charge in [0.2, 0.25) is 0 Å². The van der Waals surface area contributed by atoms with E-state index >= 15 is 0 Å². The summed E-state index contributed by atoms with van der Waals surface area (Å²) < 4.78 is 0. The van der Waals surface area contributed by atoms with E-state index in [1.54, 1.807) is 24.8 Å². The number of pyridine rings is 3. The van der Waals surface area contributed by atoms with Crippen LogP contribution >= 0.6 is 0 Å². The molecule has 7 nitrogen and oxygen atoms in total. The lowest BCUT2D eigenvalue weighted by molar-refractivity contribution is 0.0933. The Labute approximate surface area is 170 Å². The van der Waals surface area contributed by atoms with E-state index in [-0.39, 0.29) is 5.91 Å². The SMILES string of the molecule is CCN1CCN(CCNC(=O)c2cc(-c3cccnc3)c3cnccc3n2)CC1. The fraction of sp³-hybridized carbons (Fsp3) is 0.364. The monoisotopic (exact) mass is 390 g/mol.